The molecule has 0 bridgehead atoms. The number of hydrogen-bond acceptors (Lipinski definition) is 5. The first-order chi connectivity index (χ1) is 8.49. The Bertz CT molecular complexity index is 658. The van der Waals surface area contributed by atoms with Gasteiger partial charge in [-0.2, -0.15) is 0 Å². The average molecular weight is 329 g/mol. The lowest BCUT2D eigenvalue weighted by molar-refractivity contribution is 0.601. The van der Waals surface area contributed by atoms with E-state index < -0.39 is 10.0 Å². The number of aromatic nitrogens is 2. The number of anilines is 2. The lowest BCUT2D eigenvalue weighted by Gasteiger charge is -2.08. The van der Waals surface area contributed by atoms with E-state index in [4.69, 9.17) is 5.73 Å². The van der Waals surface area contributed by atoms with Crippen LogP contribution < -0.4 is 10.5 Å². The molecule has 1 heterocycles. The number of hydrogen-bond donors (Lipinski definition) is 2. The minimum Gasteiger partial charge on any atom is -0.398 e. The summed E-state index contributed by atoms with van der Waals surface area (Å²) in [6, 6.07) is 6.17. The molecule has 1 aromatic carbocycles. The van der Waals surface area contributed by atoms with Crippen molar-refractivity contribution in [3.8, 4) is 0 Å². The highest BCUT2D eigenvalue weighted by molar-refractivity contribution is 9.10. The fourth-order valence-electron chi connectivity index (χ4n) is 1.27. The molecule has 0 aliphatic carbocycles. The first-order valence-electron chi connectivity index (χ1n) is 4.84. The maximum absolute atomic E-state index is 12.0. The summed E-state index contributed by atoms with van der Waals surface area (Å²) in [6.45, 7) is 0. The molecular weight excluding hydrogens is 320 g/mol. The molecule has 2 aromatic rings. The van der Waals surface area contributed by atoms with Crippen molar-refractivity contribution in [1.82, 2.24) is 9.97 Å². The quantitative estimate of drug-likeness (QED) is 0.834. The number of halogens is 1. The van der Waals surface area contributed by atoms with E-state index in [1.165, 1.54) is 24.5 Å². The van der Waals surface area contributed by atoms with Crippen LogP contribution in [0.25, 0.3) is 0 Å². The molecule has 2 rings (SSSR count). The number of nitrogens with one attached hydrogen (secondary N) is 1. The van der Waals surface area contributed by atoms with Gasteiger partial charge in [-0.05, 0) is 28.1 Å². The van der Waals surface area contributed by atoms with Crippen molar-refractivity contribution in [1.29, 1.82) is 0 Å². The van der Waals surface area contributed by atoms with E-state index >= 15 is 0 Å². The van der Waals surface area contributed by atoms with Crippen molar-refractivity contribution in [3.63, 3.8) is 0 Å². The van der Waals surface area contributed by atoms with Crippen LogP contribution in [-0.4, -0.2) is 18.4 Å². The third kappa shape index (κ3) is 2.77. The van der Waals surface area contributed by atoms with Crippen molar-refractivity contribution < 1.29 is 8.42 Å². The predicted molar refractivity (Wildman–Crippen MR) is 71.4 cm³/mol. The molecule has 0 atom stereocenters. The highest BCUT2D eigenvalue weighted by Crippen LogP contribution is 2.19. The summed E-state index contributed by atoms with van der Waals surface area (Å²) in [6.07, 6.45) is 2.89. The second-order valence-corrected chi connectivity index (χ2v) is 5.93. The summed E-state index contributed by atoms with van der Waals surface area (Å²) in [5.41, 5.74) is 5.79. The van der Waals surface area contributed by atoms with E-state index in [1.807, 2.05) is 0 Å². The van der Waals surface area contributed by atoms with Crippen LogP contribution in [0.2, 0.25) is 0 Å². The van der Waals surface area contributed by atoms with Crippen LogP contribution in [0, 0.1) is 0 Å². The van der Waals surface area contributed by atoms with E-state index in [0.29, 0.717) is 4.47 Å². The molecule has 0 fully saturated rings. The van der Waals surface area contributed by atoms with E-state index in [2.05, 4.69) is 30.6 Å². The number of sulfonamides is 1. The van der Waals surface area contributed by atoms with Gasteiger partial charge in [-0.1, -0.05) is 12.1 Å². The Kier molecular flexibility index (Phi) is 3.48. The third-order valence-electron chi connectivity index (χ3n) is 2.05. The van der Waals surface area contributed by atoms with Crippen LogP contribution in [-0.2, 0) is 10.0 Å². The third-order valence-corrected chi connectivity index (χ3v) is 3.87. The summed E-state index contributed by atoms with van der Waals surface area (Å²) in [7, 11) is -3.77. The number of para-hydroxylation sites is 1. The van der Waals surface area contributed by atoms with Crippen molar-refractivity contribution in [3.05, 3.63) is 41.1 Å². The van der Waals surface area contributed by atoms with Crippen LogP contribution in [0.5, 0.6) is 0 Å². The van der Waals surface area contributed by atoms with Gasteiger partial charge in [0, 0.05) is 12.4 Å². The van der Waals surface area contributed by atoms with E-state index in [0.717, 1.165) is 0 Å². The first kappa shape index (κ1) is 12.8. The molecule has 3 N–H and O–H groups in total. The number of nitrogen functional groups attached to an aromatic ring is 1. The molecule has 94 valence electrons. The van der Waals surface area contributed by atoms with E-state index in [9.17, 15) is 8.42 Å². The number of nitrogens with zero attached hydrogens (tertiary/aromatic N) is 2. The maximum atomic E-state index is 12.0. The van der Waals surface area contributed by atoms with Gasteiger partial charge in [0.15, 0.2) is 0 Å². The van der Waals surface area contributed by atoms with Crippen LogP contribution in [0.1, 0.15) is 0 Å². The summed E-state index contributed by atoms with van der Waals surface area (Å²) >= 11 is 3.16. The Hall–Kier alpha value is -1.67. The minimum atomic E-state index is -3.77. The zero-order chi connectivity index (χ0) is 13.2. The predicted octanol–water partition coefficient (Wildman–Crippen LogP) is 1.62. The minimum absolute atomic E-state index is 0.00322. The first-order valence-corrected chi connectivity index (χ1v) is 7.11. The SMILES string of the molecule is Nc1ccccc1S(=O)(=O)Nc1ncc(Br)cn1. The van der Waals surface area contributed by atoms with Crippen LogP contribution >= 0.6 is 15.9 Å². The van der Waals surface area contributed by atoms with Gasteiger partial charge < -0.3 is 5.73 Å². The molecular formula is C10H9BrN4O2S. The molecule has 6 nitrogen and oxygen atoms in total. The van der Waals surface area contributed by atoms with E-state index in [1.54, 1.807) is 12.1 Å². The van der Waals surface area contributed by atoms with Gasteiger partial charge in [0.2, 0.25) is 5.95 Å². The monoisotopic (exact) mass is 328 g/mol. The van der Waals surface area contributed by atoms with Crippen molar-refractivity contribution in [2.45, 2.75) is 4.90 Å². The largest absolute Gasteiger partial charge is 0.398 e. The number of rotatable bonds is 3. The highest BCUT2D eigenvalue weighted by atomic mass is 79.9. The molecule has 0 saturated heterocycles. The zero-order valence-electron chi connectivity index (χ0n) is 9.04. The number of nitrogens with two attached hydrogens (primary N) is 1. The van der Waals surface area contributed by atoms with Gasteiger partial charge in [0.1, 0.15) is 4.90 Å². The lowest BCUT2D eigenvalue weighted by atomic mass is 10.3. The Morgan fingerprint density at radius 3 is 2.39 bits per heavy atom. The van der Waals surface area contributed by atoms with Gasteiger partial charge in [-0.15, -0.1) is 0 Å². The van der Waals surface area contributed by atoms with Crippen LogP contribution in [0.4, 0.5) is 11.6 Å². The van der Waals surface area contributed by atoms with Crippen molar-refractivity contribution in [2.24, 2.45) is 0 Å². The maximum Gasteiger partial charge on any atom is 0.266 e. The van der Waals surface area contributed by atoms with Crippen molar-refractivity contribution in [2.75, 3.05) is 10.5 Å². The van der Waals surface area contributed by atoms with Gasteiger partial charge in [0.05, 0.1) is 10.2 Å². The molecule has 0 aliphatic heterocycles. The molecule has 0 spiro atoms. The van der Waals surface area contributed by atoms with Gasteiger partial charge in [-0.25, -0.2) is 23.1 Å². The molecule has 0 saturated carbocycles. The topological polar surface area (TPSA) is 98.0 Å². The van der Waals surface area contributed by atoms with Gasteiger partial charge in [-0.3, -0.25) is 0 Å². The molecule has 0 amide bonds. The lowest BCUT2D eigenvalue weighted by Crippen LogP contribution is -2.16. The Morgan fingerprint density at radius 2 is 1.78 bits per heavy atom. The normalized spacial score (nSPS) is 11.2. The molecule has 0 radical (unpaired) electrons. The van der Waals surface area contributed by atoms with Crippen LogP contribution in [0.3, 0.4) is 0 Å². The summed E-state index contributed by atoms with van der Waals surface area (Å²) in [5.74, 6) is -0.0125. The Balaban J connectivity index is 2.33. The molecule has 18 heavy (non-hydrogen) atoms. The zero-order valence-corrected chi connectivity index (χ0v) is 11.4. The highest BCUT2D eigenvalue weighted by Gasteiger charge is 2.17. The Morgan fingerprint density at radius 1 is 1.17 bits per heavy atom. The second-order valence-electron chi connectivity index (χ2n) is 3.37. The fraction of sp³-hybridized carbons (Fsp3) is 0. The molecule has 0 unspecified atom stereocenters. The summed E-state index contributed by atoms with van der Waals surface area (Å²) in [5, 5.41) is 0. The summed E-state index contributed by atoms with van der Waals surface area (Å²) < 4.78 is 27.0. The fourth-order valence-corrected chi connectivity index (χ4v) is 2.56. The van der Waals surface area contributed by atoms with E-state index in [-0.39, 0.29) is 16.5 Å². The molecule has 1 aromatic heterocycles. The Labute approximate surface area is 112 Å². The van der Waals surface area contributed by atoms with Gasteiger partial charge >= 0.3 is 0 Å². The standard InChI is InChI=1S/C10H9BrN4O2S/c11-7-5-13-10(14-6-7)15-18(16,17)9-4-2-1-3-8(9)12/h1-6H,12H2,(H,13,14,15). The molecule has 8 heteroatoms. The number of benzene rings is 1. The van der Waals surface area contributed by atoms with Gasteiger partial charge in [0.25, 0.3) is 10.0 Å². The second kappa shape index (κ2) is 4.91. The molecule has 0 aliphatic rings. The summed E-state index contributed by atoms with van der Waals surface area (Å²) in [4.78, 5) is 7.66. The smallest absolute Gasteiger partial charge is 0.266 e. The van der Waals surface area contributed by atoms with Crippen molar-refractivity contribution >= 4 is 37.6 Å². The van der Waals surface area contributed by atoms with Crippen LogP contribution in [0.15, 0.2) is 46.0 Å². The average Bonchev–Trinajstić information content (AvgIpc) is 2.32.